The maximum absolute atomic E-state index is 14.0. The summed E-state index contributed by atoms with van der Waals surface area (Å²) < 4.78 is 14.0. The summed E-state index contributed by atoms with van der Waals surface area (Å²) in [5.41, 5.74) is 1.19. The standard InChI is InChI=1S/C21H27FN2O2/c1-15(8-9-16-10-12-17(25)13-11-16)24-20(26)23-14-21(2,3)18-6-4-5-7-19(18)22/h4-7,10-13,15,25H,8-9,14H2,1-3H3,(H2,23,24,26). The molecular formula is C21H27FN2O2. The van der Waals surface area contributed by atoms with Crippen LogP contribution in [0.25, 0.3) is 0 Å². The van der Waals surface area contributed by atoms with Crippen LogP contribution in [0.15, 0.2) is 48.5 Å². The Hall–Kier alpha value is -2.56. The van der Waals surface area contributed by atoms with E-state index in [0.29, 0.717) is 12.1 Å². The van der Waals surface area contributed by atoms with E-state index < -0.39 is 5.41 Å². The Morgan fingerprint density at radius 3 is 2.46 bits per heavy atom. The van der Waals surface area contributed by atoms with Crippen molar-refractivity contribution in [1.82, 2.24) is 10.6 Å². The summed E-state index contributed by atoms with van der Waals surface area (Å²) in [6.45, 7) is 6.09. The molecule has 1 atom stereocenters. The van der Waals surface area contributed by atoms with Crippen molar-refractivity contribution < 1.29 is 14.3 Å². The van der Waals surface area contributed by atoms with Gasteiger partial charge in [-0.25, -0.2) is 9.18 Å². The summed E-state index contributed by atoms with van der Waals surface area (Å²) in [4.78, 5) is 12.1. The molecule has 5 heteroatoms. The third-order valence-electron chi connectivity index (χ3n) is 4.47. The Bertz CT molecular complexity index is 729. The lowest BCUT2D eigenvalue weighted by atomic mass is 9.84. The van der Waals surface area contributed by atoms with E-state index in [1.807, 2.05) is 32.9 Å². The second-order valence-electron chi connectivity index (χ2n) is 7.30. The fraction of sp³-hybridized carbons (Fsp3) is 0.381. The van der Waals surface area contributed by atoms with E-state index >= 15 is 0 Å². The highest BCUT2D eigenvalue weighted by Crippen LogP contribution is 2.24. The van der Waals surface area contributed by atoms with E-state index in [1.165, 1.54) is 6.07 Å². The Morgan fingerprint density at radius 1 is 1.15 bits per heavy atom. The Balaban J connectivity index is 1.78. The number of aryl methyl sites for hydroxylation is 1. The second kappa shape index (κ2) is 8.70. The second-order valence-corrected chi connectivity index (χ2v) is 7.30. The van der Waals surface area contributed by atoms with Crippen LogP contribution in [-0.2, 0) is 11.8 Å². The Labute approximate surface area is 154 Å². The van der Waals surface area contributed by atoms with Crippen LogP contribution in [0.1, 0.15) is 38.3 Å². The van der Waals surface area contributed by atoms with E-state index in [9.17, 15) is 14.3 Å². The van der Waals surface area contributed by atoms with Gasteiger partial charge in [0.05, 0.1) is 0 Å². The zero-order valence-electron chi connectivity index (χ0n) is 15.6. The van der Waals surface area contributed by atoms with Crippen molar-refractivity contribution in [2.75, 3.05) is 6.54 Å². The van der Waals surface area contributed by atoms with Crippen LogP contribution in [0, 0.1) is 5.82 Å². The van der Waals surface area contributed by atoms with Gasteiger partial charge in [0.15, 0.2) is 0 Å². The molecule has 0 aliphatic heterocycles. The predicted octanol–water partition coefficient (Wildman–Crippen LogP) is 4.13. The van der Waals surface area contributed by atoms with E-state index in [-0.39, 0.29) is 23.6 Å². The zero-order chi connectivity index (χ0) is 19.2. The van der Waals surface area contributed by atoms with Crippen molar-refractivity contribution in [3.63, 3.8) is 0 Å². The summed E-state index contributed by atoms with van der Waals surface area (Å²) in [5, 5.41) is 15.0. The zero-order valence-corrected chi connectivity index (χ0v) is 15.6. The molecule has 2 rings (SSSR count). The number of phenolic OH excluding ortho intramolecular Hbond substituents is 1. The minimum absolute atomic E-state index is 0.000349. The first-order valence-electron chi connectivity index (χ1n) is 8.85. The fourth-order valence-corrected chi connectivity index (χ4v) is 2.80. The number of halogens is 1. The molecular weight excluding hydrogens is 331 g/mol. The summed E-state index contributed by atoms with van der Waals surface area (Å²) >= 11 is 0. The first-order chi connectivity index (χ1) is 12.3. The lowest BCUT2D eigenvalue weighted by molar-refractivity contribution is 0.234. The molecule has 26 heavy (non-hydrogen) atoms. The van der Waals surface area contributed by atoms with Crippen LogP contribution in [0.4, 0.5) is 9.18 Å². The van der Waals surface area contributed by atoms with Crippen LogP contribution >= 0.6 is 0 Å². The van der Waals surface area contributed by atoms with Gasteiger partial charge in [0.2, 0.25) is 0 Å². The van der Waals surface area contributed by atoms with Crippen LogP contribution in [-0.4, -0.2) is 23.7 Å². The lowest BCUT2D eigenvalue weighted by Gasteiger charge is -2.26. The third kappa shape index (κ3) is 5.76. The number of carbonyl (C=O) groups excluding carboxylic acids is 1. The molecule has 3 N–H and O–H groups in total. The van der Waals surface area contributed by atoms with Gasteiger partial charge in [0.1, 0.15) is 11.6 Å². The topological polar surface area (TPSA) is 61.4 Å². The van der Waals surface area contributed by atoms with Crippen LogP contribution in [0.5, 0.6) is 5.75 Å². The molecule has 1 unspecified atom stereocenters. The molecule has 0 saturated heterocycles. The number of urea groups is 1. The molecule has 0 radical (unpaired) electrons. The van der Waals surface area contributed by atoms with Crippen LogP contribution < -0.4 is 10.6 Å². The van der Waals surface area contributed by atoms with Crippen molar-refractivity contribution in [2.24, 2.45) is 0 Å². The molecule has 2 amide bonds. The highest BCUT2D eigenvalue weighted by Gasteiger charge is 2.24. The van der Waals surface area contributed by atoms with Gasteiger partial charge in [-0.2, -0.15) is 0 Å². The van der Waals surface area contributed by atoms with E-state index in [4.69, 9.17) is 0 Å². The van der Waals surface area contributed by atoms with Gasteiger partial charge in [0, 0.05) is 18.0 Å². The molecule has 2 aromatic rings. The normalized spacial score (nSPS) is 12.5. The summed E-state index contributed by atoms with van der Waals surface area (Å²) in [6, 6.07) is 13.4. The molecule has 0 bridgehead atoms. The average Bonchev–Trinajstić information content (AvgIpc) is 2.60. The number of hydrogen-bond donors (Lipinski definition) is 3. The van der Waals surface area contributed by atoms with Gasteiger partial charge in [-0.1, -0.05) is 44.2 Å². The number of amides is 2. The van der Waals surface area contributed by atoms with Gasteiger partial charge in [-0.05, 0) is 49.1 Å². The first kappa shape index (κ1) is 19.8. The summed E-state index contributed by atoms with van der Waals surface area (Å²) in [7, 11) is 0. The summed E-state index contributed by atoms with van der Waals surface area (Å²) in [5.74, 6) is -0.0151. The van der Waals surface area contributed by atoms with Gasteiger partial charge < -0.3 is 15.7 Å². The quantitative estimate of drug-likeness (QED) is 0.697. The molecule has 0 aromatic heterocycles. The Morgan fingerprint density at radius 2 is 1.81 bits per heavy atom. The van der Waals surface area contributed by atoms with Crippen molar-refractivity contribution in [2.45, 2.75) is 45.1 Å². The predicted molar refractivity (Wildman–Crippen MR) is 102 cm³/mol. The van der Waals surface area contributed by atoms with E-state index in [1.54, 1.807) is 30.3 Å². The largest absolute Gasteiger partial charge is 0.508 e. The van der Waals surface area contributed by atoms with Crippen LogP contribution in [0.3, 0.4) is 0 Å². The molecule has 0 heterocycles. The van der Waals surface area contributed by atoms with Crippen molar-refractivity contribution in [3.05, 3.63) is 65.5 Å². The number of nitrogens with one attached hydrogen (secondary N) is 2. The number of phenols is 1. The van der Waals surface area contributed by atoms with Gasteiger partial charge in [0.25, 0.3) is 0 Å². The van der Waals surface area contributed by atoms with E-state index in [2.05, 4.69) is 10.6 Å². The number of rotatable bonds is 7. The number of aromatic hydroxyl groups is 1. The van der Waals surface area contributed by atoms with Crippen molar-refractivity contribution in [1.29, 1.82) is 0 Å². The molecule has 0 aliphatic carbocycles. The maximum Gasteiger partial charge on any atom is 0.315 e. The molecule has 0 saturated carbocycles. The molecule has 4 nitrogen and oxygen atoms in total. The minimum atomic E-state index is -0.502. The average molecular weight is 358 g/mol. The first-order valence-corrected chi connectivity index (χ1v) is 8.85. The van der Waals surface area contributed by atoms with Crippen LogP contribution in [0.2, 0.25) is 0 Å². The molecule has 0 aliphatic rings. The minimum Gasteiger partial charge on any atom is -0.508 e. The van der Waals surface area contributed by atoms with Gasteiger partial charge in [-0.15, -0.1) is 0 Å². The molecule has 140 valence electrons. The molecule has 2 aromatic carbocycles. The highest BCUT2D eigenvalue weighted by molar-refractivity contribution is 5.74. The third-order valence-corrected chi connectivity index (χ3v) is 4.47. The van der Waals surface area contributed by atoms with Crippen molar-refractivity contribution in [3.8, 4) is 5.75 Å². The monoisotopic (exact) mass is 358 g/mol. The van der Waals surface area contributed by atoms with Crippen molar-refractivity contribution >= 4 is 6.03 Å². The maximum atomic E-state index is 14.0. The SMILES string of the molecule is CC(CCc1ccc(O)cc1)NC(=O)NCC(C)(C)c1ccccc1F. The number of hydrogen-bond acceptors (Lipinski definition) is 2. The summed E-state index contributed by atoms with van der Waals surface area (Å²) in [6.07, 6.45) is 1.59. The van der Waals surface area contributed by atoms with E-state index in [0.717, 1.165) is 18.4 Å². The number of benzene rings is 2. The Kier molecular flexibility index (Phi) is 6.61. The molecule has 0 spiro atoms. The fourth-order valence-electron chi connectivity index (χ4n) is 2.80. The van der Waals surface area contributed by atoms with Gasteiger partial charge in [-0.3, -0.25) is 0 Å². The van der Waals surface area contributed by atoms with Gasteiger partial charge >= 0.3 is 6.03 Å². The highest BCUT2D eigenvalue weighted by atomic mass is 19.1. The lowest BCUT2D eigenvalue weighted by Crippen LogP contribution is -2.45. The smallest absolute Gasteiger partial charge is 0.315 e. The number of carbonyl (C=O) groups is 1. The molecule has 0 fully saturated rings.